The summed E-state index contributed by atoms with van der Waals surface area (Å²) in [5.41, 5.74) is 7.60. The number of thiazole rings is 1. The van der Waals surface area contributed by atoms with E-state index in [1.54, 1.807) is 18.2 Å². The van der Waals surface area contributed by atoms with Crippen molar-refractivity contribution in [3.8, 4) is 10.6 Å². The van der Waals surface area contributed by atoms with Gasteiger partial charge in [0.25, 0.3) is 5.91 Å². The van der Waals surface area contributed by atoms with Crippen molar-refractivity contribution >= 4 is 28.8 Å². The Kier molecular flexibility index (Phi) is 6.39. The van der Waals surface area contributed by atoms with Crippen LogP contribution in [-0.2, 0) is 11.3 Å². The number of hydrogen-bond acceptors (Lipinski definition) is 5. The summed E-state index contributed by atoms with van der Waals surface area (Å²) >= 11 is 1.15. The van der Waals surface area contributed by atoms with Crippen molar-refractivity contribution in [3.63, 3.8) is 0 Å². The molecule has 1 aromatic heterocycles. The van der Waals surface area contributed by atoms with Gasteiger partial charge in [-0.05, 0) is 49.2 Å². The first kappa shape index (κ1) is 21.1. The van der Waals surface area contributed by atoms with Crippen LogP contribution in [0, 0.1) is 11.7 Å². The number of carbonyl (C=O) groups excluding carboxylic acids is 2. The lowest BCUT2D eigenvalue weighted by Gasteiger charge is -2.31. The summed E-state index contributed by atoms with van der Waals surface area (Å²) in [4.78, 5) is 30.8. The molecule has 31 heavy (non-hydrogen) atoms. The lowest BCUT2D eigenvalue weighted by Crippen LogP contribution is -2.40. The van der Waals surface area contributed by atoms with Crippen LogP contribution in [-0.4, -0.2) is 34.8 Å². The number of anilines is 1. The Morgan fingerprint density at radius 1 is 1.19 bits per heavy atom. The topological polar surface area (TPSA) is 88.3 Å². The molecule has 2 amide bonds. The van der Waals surface area contributed by atoms with Gasteiger partial charge >= 0.3 is 0 Å². The third-order valence-electron chi connectivity index (χ3n) is 5.36. The molecule has 4 rings (SSSR count). The van der Waals surface area contributed by atoms with Crippen molar-refractivity contribution in [1.29, 1.82) is 0 Å². The molecule has 1 saturated heterocycles. The number of nitrogens with zero attached hydrogens (tertiary/aromatic N) is 2. The first-order valence-electron chi connectivity index (χ1n) is 10.1. The molecule has 1 atom stereocenters. The fourth-order valence-electron chi connectivity index (χ4n) is 3.71. The molecule has 1 fully saturated rings. The van der Waals surface area contributed by atoms with Crippen LogP contribution in [0.25, 0.3) is 10.6 Å². The summed E-state index contributed by atoms with van der Waals surface area (Å²) in [6.07, 6.45) is 3.28. The number of nitrogens with one attached hydrogen (secondary N) is 1. The number of nitrogens with two attached hydrogens (primary N) is 1. The quantitative estimate of drug-likeness (QED) is 0.611. The van der Waals surface area contributed by atoms with Gasteiger partial charge in [0, 0.05) is 24.3 Å². The number of halogens is 1. The summed E-state index contributed by atoms with van der Waals surface area (Å²) in [5.74, 6) is -0.964. The summed E-state index contributed by atoms with van der Waals surface area (Å²) in [6, 6.07) is 14.0. The number of aromatic nitrogens is 1. The van der Waals surface area contributed by atoms with Crippen molar-refractivity contribution < 1.29 is 14.0 Å². The number of carbonyl (C=O) groups is 2. The van der Waals surface area contributed by atoms with Gasteiger partial charge in [-0.3, -0.25) is 14.5 Å². The van der Waals surface area contributed by atoms with Gasteiger partial charge in [-0.25, -0.2) is 9.37 Å². The van der Waals surface area contributed by atoms with E-state index in [0.717, 1.165) is 42.8 Å². The average molecular weight is 439 g/mol. The van der Waals surface area contributed by atoms with Gasteiger partial charge < -0.3 is 11.1 Å². The minimum atomic E-state index is -0.366. The molecule has 6 nitrogen and oxygen atoms in total. The Labute approximate surface area is 183 Å². The number of rotatable bonds is 6. The minimum absolute atomic E-state index is 0.0824. The molecule has 1 unspecified atom stereocenters. The molecule has 0 radical (unpaired) electrons. The van der Waals surface area contributed by atoms with Crippen molar-refractivity contribution in [2.45, 2.75) is 19.4 Å². The van der Waals surface area contributed by atoms with E-state index in [9.17, 15) is 14.0 Å². The summed E-state index contributed by atoms with van der Waals surface area (Å²) in [7, 11) is 0. The average Bonchev–Trinajstić information content (AvgIpc) is 3.26. The zero-order chi connectivity index (χ0) is 21.8. The number of piperidine rings is 1. The summed E-state index contributed by atoms with van der Waals surface area (Å²) in [5, 5.41) is 3.32. The maximum atomic E-state index is 13.9. The highest BCUT2D eigenvalue weighted by atomic mass is 32.1. The molecule has 0 saturated carbocycles. The summed E-state index contributed by atoms with van der Waals surface area (Å²) < 4.78 is 13.9. The Morgan fingerprint density at radius 3 is 2.71 bits per heavy atom. The largest absolute Gasteiger partial charge is 0.369 e. The normalized spacial score (nSPS) is 16.7. The predicted molar refractivity (Wildman–Crippen MR) is 119 cm³/mol. The Bertz CT molecular complexity index is 1080. The zero-order valence-corrected chi connectivity index (χ0v) is 17.7. The summed E-state index contributed by atoms with van der Waals surface area (Å²) in [6.45, 7) is 2.36. The molecule has 0 aliphatic carbocycles. The van der Waals surface area contributed by atoms with Crippen LogP contribution in [0.4, 0.5) is 10.1 Å². The second-order valence-electron chi connectivity index (χ2n) is 7.64. The Hall–Kier alpha value is -3.10. The maximum Gasteiger partial charge on any atom is 0.267 e. The van der Waals surface area contributed by atoms with Gasteiger partial charge in [-0.2, -0.15) is 0 Å². The van der Waals surface area contributed by atoms with Crippen LogP contribution in [0.1, 0.15) is 28.1 Å². The fraction of sp³-hybridized carbons (Fsp3) is 0.261. The highest BCUT2D eigenvalue weighted by Crippen LogP contribution is 2.28. The van der Waals surface area contributed by atoms with Crippen molar-refractivity contribution in [2.75, 3.05) is 18.4 Å². The molecule has 2 heterocycles. The van der Waals surface area contributed by atoms with Crippen molar-refractivity contribution in [3.05, 3.63) is 71.0 Å². The molecule has 1 aliphatic rings. The van der Waals surface area contributed by atoms with E-state index >= 15 is 0 Å². The number of likely N-dealkylation sites (tertiary alicyclic amines) is 1. The Balaban J connectivity index is 1.36. The SMILES string of the molecule is NC(=O)C1CCCN(Cc2ccc(NC(=O)c3cnc(-c4ccccc4F)s3)cc2)C1. The first-order chi connectivity index (χ1) is 15.0. The third-order valence-corrected chi connectivity index (χ3v) is 6.39. The van der Waals surface area contributed by atoms with Crippen LogP contribution < -0.4 is 11.1 Å². The lowest BCUT2D eigenvalue weighted by atomic mass is 9.97. The van der Waals surface area contributed by atoms with E-state index in [2.05, 4.69) is 15.2 Å². The van der Waals surface area contributed by atoms with Gasteiger partial charge in [-0.1, -0.05) is 24.3 Å². The van der Waals surface area contributed by atoms with E-state index in [1.165, 1.54) is 12.3 Å². The third kappa shape index (κ3) is 5.15. The zero-order valence-electron chi connectivity index (χ0n) is 16.9. The maximum absolute atomic E-state index is 13.9. The minimum Gasteiger partial charge on any atom is -0.369 e. The van der Waals surface area contributed by atoms with E-state index < -0.39 is 0 Å². The molecular formula is C23H23FN4O2S. The van der Waals surface area contributed by atoms with Gasteiger partial charge in [0.2, 0.25) is 5.91 Å². The smallest absolute Gasteiger partial charge is 0.267 e. The predicted octanol–water partition coefficient (Wildman–Crippen LogP) is 3.90. The van der Waals surface area contributed by atoms with Crippen LogP contribution in [0.2, 0.25) is 0 Å². The molecule has 0 bridgehead atoms. The highest BCUT2D eigenvalue weighted by Gasteiger charge is 2.23. The molecule has 3 aromatic rings. The number of amides is 2. The molecule has 2 aromatic carbocycles. The van der Waals surface area contributed by atoms with Crippen LogP contribution in [0.15, 0.2) is 54.7 Å². The molecule has 0 spiro atoms. The lowest BCUT2D eigenvalue weighted by molar-refractivity contribution is -0.123. The van der Waals surface area contributed by atoms with E-state index in [4.69, 9.17) is 5.73 Å². The van der Waals surface area contributed by atoms with Crippen molar-refractivity contribution in [1.82, 2.24) is 9.88 Å². The molecule has 8 heteroatoms. The monoisotopic (exact) mass is 438 g/mol. The van der Waals surface area contributed by atoms with Crippen LogP contribution >= 0.6 is 11.3 Å². The second kappa shape index (κ2) is 9.36. The highest BCUT2D eigenvalue weighted by molar-refractivity contribution is 7.17. The van der Waals surface area contributed by atoms with E-state index in [1.807, 2.05) is 24.3 Å². The standard InChI is InChI=1S/C23H23FN4O2S/c24-19-6-2-1-5-18(19)23-26-12-20(31-23)22(30)27-17-9-7-15(8-10-17)13-28-11-3-4-16(14-28)21(25)29/h1-2,5-10,12,16H,3-4,11,13-14H2,(H2,25,29)(H,27,30). The Morgan fingerprint density at radius 2 is 1.97 bits per heavy atom. The number of hydrogen-bond donors (Lipinski definition) is 2. The first-order valence-corrected chi connectivity index (χ1v) is 10.9. The van der Waals surface area contributed by atoms with Crippen LogP contribution in [0.5, 0.6) is 0 Å². The second-order valence-corrected chi connectivity index (χ2v) is 8.67. The van der Waals surface area contributed by atoms with Gasteiger partial charge in [0.15, 0.2) is 0 Å². The molecule has 160 valence electrons. The van der Waals surface area contributed by atoms with Crippen LogP contribution in [0.3, 0.4) is 0 Å². The molecule has 1 aliphatic heterocycles. The van der Waals surface area contributed by atoms with Gasteiger partial charge in [0.1, 0.15) is 15.7 Å². The van der Waals surface area contributed by atoms with Gasteiger partial charge in [0.05, 0.1) is 12.1 Å². The van der Waals surface area contributed by atoms with Crippen molar-refractivity contribution in [2.24, 2.45) is 11.7 Å². The molecule has 3 N–H and O–H groups in total. The van der Waals surface area contributed by atoms with E-state index in [0.29, 0.717) is 27.7 Å². The van der Waals surface area contributed by atoms with E-state index in [-0.39, 0.29) is 23.5 Å². The number of benzene rings is 2. The molecular weight excluding hydrogens is 415 g/mol. The fourth-order valence-corrected chi connectivity index (χ4v) is 4.55. The number of primary amides is 1. The van der Waals surface area contributed by atoms with Gasteiger partial charge in [-0.15, -0.1) is 11.3 Å².